The molecule has 0 bridgehead atoms. The average Bonchev–Trinajstić information content (AvgIpc) is 2.45. The number of carbonyl (C=O) groups is 2. The fourth-order valence-corrected chi connectivity index (χ4v) is 2.46. The molecule has 119 valence electrons. The lowest BCUT2D eigenvalue weighted by molar-refractivity contribution is 0.126. The van der Waals surface area contributed by atoms with Gasteiger partial charge in [0.25, 0.3) is 0 Å². The van der Waals surface area contributed by atoms with E-state index in [1.165, 1.54) is 0 Å². The second-order valence-corrected chi connectivity index (χ2v) is 5.16. The maximum atomic E-state index is 11.3. The fourth-order valence-electron chi connectivity index (χ4n) is 2.46. The smallest absolute Gasteiger partial charge is 0.437 e. The molecule has 6 nitrogen and oxygen atoms in total. The number of hydrogen-bond acceptors (Lipinski definition) is 3. The molecular weight excluding hydrogens is 296 g/mol. The Bertz CT molecular complexity index is 743. The molecule has 2 rings (SSSR count). The third-order valence-corrected chi connectivity index (χ3v) is 3.50. The topological polar surface area (TPSA) is 101 Å². The van der Waals surface area contributed by atoms with Crippen molar-refractivity contribution in [2.75, 3.05) is 5.32 Å². The number of amides is 2. The molecule has 3 N–H and O–H groups in total. The molecule has 0 aromatic heterocycles. The summed E-state index contributed by atoms with van der Waals surface area (Å²) in [6.45, 7) is 3.71. The van der Waals surface area contributed by atoms with Gasteiger partial charge in [-0.15, -0.1) is 0 Å². The van der Waals surface area contributed by atoms with Gasteiger partial charge in [0.1, 0.15) is 0 Å². The van der Waals surface area contributed by atoms with E-state index < -0.39 is 18.3 Å². The number of hydrogen-bond donors (Lipinski definition) is 2. The molecular formula is C17H17N2O4. The van der Waals surface area contributed by atoms with Gasteiger partial charge in [-0.2, -0.15) is 0 Å². The van der Waals surface area contributed by atoms with Crippen molar-refractivity contribution in [3.05, 3.63) is 64.7 Å². The Morgan fingerprint density at radius 3 is 2.26 bits per heavy atom. The summed E-state index contributed by atoms with van der Waals surface area (Å²) in [7, 11) is 0. The number of nitrogens with two attached hydrogens (primary N) is 1. The molecule has 2 aromatic rings. The molecule has 0 aliphatic carbocycles. The second-order valence-electron chi connectivity index (χ2n) is 5.16. The first-order chi connectivity index (χ1) is 10.9. The molecule has 0 saturated carbocycles. The van der Waals surface area contributed by atoms with Crippen molar-refractivity contribution in [1.29, 1.82) is 0 Å². The van der Waals surface area contributed by atoms with Gasteiger partial charge in [0.05, 0.1) is 0 Å². The van der Waals surface area contributed by atoms with Gasteiger partial charge in [-0.3, -0.25) is 5.32 Å². The Hall–Kier alpha value is -3.02. The molecule has 1 radical (unpaired) electrons. The third-order valence-electron chi connectivity index (χ3n) is 3.50. The van der Waals surface area contributed by atoms with Crippen LogP contribution in [0.5, 0.6) is 0 Å². The molecule has 0 heterocycles. The van der Waals surface area contributed by atoms with Gasteiger partial charge in [-0.25, -0.2) is 14.7 Å². The Morgan fingerprint density at radius 2 is 1.70 bits per heavy atom. The van der Waals surface area contributed by atoms with E-state index in [0.29, 0.717) is 5.69 Å². The van der Waals surface area contributed by atoms with Crippen LogP contribution >= 0.6 is 0 Å². The minimum atomic E-state index is -1.39. The van der Waals surface area contributed by atoms with E-state index in [0.717, 1.165) is 22.3 Å². The summed E-state index contributed by atoms with van der Waals surface area (Å²) >= 11 is 0. The van der Waals surface area contributed by atoms with Crippen molar-refractivity contribution in [2.24, 2.45) is 5.73 Å². The van der Waals surface area contributed by atoms with Crippen molar-refractivity contribution in [3.8, 4) is 0 Å². The van der Waals surface area contributed by atoms with Crippen LogP contribution in [-0.2, 0) is 9.84 Å². The zero-order valence-corrected chi connectivity index (χ0v) is 12.8. The van der Waals surface area contributed by atoms with Crippen LogP contribution < -0.4 is 11.1 Å². The van der Waals surface area contributed by atoms with E-state index >= 15 is 0 Å². The van der Waals surface area contributed by atoms with E-state index in [9.17, 15) is 14.7 Å². The van der Waals surface area contributed by atoms with Crippen LogP contribution in [0, 0.1) is 13.8 Å². The highest BCUT2D eigenvalue weighted by Crippen LogP contribution is 2.31. The first kappa shape index (κ1) is 16.4. The summed E-state index contributed by atoms with van der Waals surface area (Å²) in [4.78, 5) is 21.9. The van der Waals surface area contributed by atoms with E-state index in [2.05, 4.69) is 5.32 Å². The molecule has 1 atom stereocenters. The van der Waals surface area contributed by atoms with E-state index in [1.807, 2.05) is 31.2 Å². The summed E-state index contributed by atoms with van der Waals surface area (Å²) in [6, 6.07) is 12.4. The van der Waals surface area contributed by atoms with E-state index in [4.69, 9.17) is 10.5 Å². The number of aryl methyl sites for hydroxylation is 2. The minimum absolute atomic E-state index is 0.383. The van der Waals surface area contributed by atoms with Crippen LogP contribution in [0.3, 0.4) is 0 Å². The van der Waals surface area contributed by atoms with Crippen LogP contribution in [0.25, 0.3) is 0 Å². The van der Waals surface area contributed by atoms with E-state index in [-0.39, 0.29) is 0 Å². The lowest BCUT2D eigenvalue weighted by Crippen LogP contribution is -2.19. The lowest BCUT2D eigenvalue weighted by Gasteiger charge is -2.21. The molecule has 0 spiro atoms. The zero-order valence-electron chi connectivity index (χ0n) is 12.8. The number of anilines is 1. The molecule has 0 saturated heterocycles. The fraction of sp³-hybridized carbons (Fsp3) is 0.176. The highest BCUT2D eigenvalue weighted by Gasteiger charge is 2.21. The molecule has 2 aromatic carbocycles. The van der Waals surface area contributed by atoms with Gasteiger partial charge in [-0.05, 0) is 42.7 Å². The summed E-state index contributed by atoms with van der Waals surface area (Å²) < 4.78 is 5.29. The maximum Gasteiger partial charge on any atom is 0.454 e. The number of primary amides is 1. The van der Waals surface area contributed by atoms with Crippen molar-refractivity contribution < 1.29 is 19.4 Å². The standard InChI is InChI=1S/C17H17N2O4/c1-10-5-3-4-6-13(10)15(23-16(18)20)14-8-7-12(9-11(14)2)19-17(21)22/h3-9,15,19H,1-2H3,(H2,18,20). The second kappa shape index (κ2) is 6.83. The SMILES string of the molecule is Cc1ccccc1C(OC(N)=O)c1ccc(NC([O])=O)cc1C. The summed E-state index contributed by atoms with van der Waals surface area (Å²) in [5.74, 6) is 0. The van der Waals surface area contributed by atoms with Gasteiger partial charge in [-0.1, -0.05) is 30.3 Å². The van der Waals surface area contributed by atoms with Crippen molar-refractivity contribution >= 4 is 17.9 Å². The van der Waals surface area contributed by atoms with Gasteiger partial charge in [0.15, 0.2) is 6.10 Å². The van der Waals surface area contributed by atoms with E-state index in [1.54, 1.807) is 25.1 Å². The Labute approximate surface area is 133 Å². The van der Waals surface area contributed by atoms with Gasteiger partial charge in [0, 0.05) is 11.3 Å². The monoisotopic (exact) mass is 313 g/mol. The summed E-state index contributed by atoms with van der Waals surface area (Å²) in [5.41, 5.74) is 8.84. The van der Waals surface area contributed by atoms with Crippen LogP contribution in [0.15, 0.2) is 42.5 Å². The summed E-state index contributed by atoms with van der Waals surface area (Å²) in [6.07, 6.45) is -2.93. The van der Waals surface area contributed by atoms with Crippen LogP contribution in [0.1, 0.15) is 28.4 Å². The molecule has 6 heteroatoms. The quantitative estimate of drug-likeness (QED) is 0.903. The zero-order chi connectivity index (χ0) is 17.0. The first-order valence-corrected chi connectivity index (χ1v) is 6.98. The number of rotatable bonds is 4. The number of ether oxygens (including phenoxy) is 1. The molecule has 23 heavy (non-hydrogen) atoms. The van der Waals surface area contributed by atoms with Gasteiger partial charge in [0.2, 0.25) is 0 Å². The van der Waals surface area contributed by atoms with Crippen LogP contribution in [0.2, 0.25) is 0 Å². The Kier molecular flexibility index (Phi) is 4.85. The molecule has 0 aliphatic heterocycles. The van der Waals surface area contributed by atoms with Crippen LogP contribution in [0.4, 0.5) is 15.3 Å². The summed E-state index contributed by atoms with van der Waals surface area (Å²) in [5, 5.41) is 12.8. The molecule has 0 aliphatic rings. The third kappa shape index (κ3) is 4.00. The Balaban J connectivity index is 2.46. The average molecular weight is 313 g/mol. The minimum Gasteiger partial charge on any atom is -0.437 e. The highest BCUT2D eigenvalue weighted by molar-refractivity contribution is 5.82. The predicted molar refractivity (Wildman–Crippen MR) is 84.6 cm³/mol. The van der Waals surface area contributed by atoms with Crippen LogP contribution in [-0.4, -0.2) is 12.2 Å². The molecule has 1 unspecified atom stereocenters. The molecule has 0 fully saturated rings. The van der Waals surface area contributed by atoms with Crippen molar-refractivity contribution in [2.45, 2.75) is 20.0 Å². The largest absolute Gasteiger partial charge is 0.454 e. The van der Waals surface area contributed by atoms with Gasteiger partial charge < -0.3 is 10.5 Å². The lowest BCUT2D eigenvalue weighted by atomic mass is 9.94. The Morgan fingerprint density at radius 1 is 1.04 bits per heavy atom. The molecule has 2 amide bonds. The predicted octanol–water partition coefficient (Wildman–Crippen LogP) is 3.45. The number of nitrogens with one attached hydrogen (secondary N) is 1. The van der Waals surface area contributed by atoms with Crippen molar-refractivity contribution in [1.82, 2.24) is 0 Å². The normalized spacial score (nSPS) is 11.6. The number of benzene rings is 2. The van der Waals surface area contributed by atoms with Crippen molar-refractivity contribution in [3.63, 3.8) is 0 Å². The van der Waals surface area contributed by atoms with Gasteiger partial charge >= 0.3 is 12.2 Å². The first-order valence-electron chi connectivity index (χ1n) is 6.98. The number of carbonyl (C=O) groups excluding carboxylic acids is 2. The highest BCUT2D eigenvalue weighted by atomic mass is 16.6. The maximum absolute atomic E-state index is 11.3.